The van der Waals surface area contributed by atoms with Gasteiger partial charge in [0.1, 0.15) is 0 Å². The van der Waals surface area contributed by atoms with Crippen molar-refractivity contribution in [1.82, 2.24) is 14.9 Å². The molecular formula is C14H16BrN3. The van der Waals surface area contributed by atoms with Crippen LogP contribution in [0, 0.1) is 5.92 Å². The molecule has 1 aromatic carbocycles. The molecule has 0 bridgehead atoms. The molecule has 1 unspecified atom stereocenters. The average Bonchev–Trinajstić information content (AvgIpc) is 3.02. The van der Waals surface area contributed by atoms with Crippen molar-refractivity contribution in [1.29, 1.82) is 0 Å². The van der Waals surface area contributed by atoms with Gasteiger partial charge in [0.05, 0.1) is 18.2 Å². The topological polar surface area (TPSA) is 29.9 Å². The second-order valence-corrected chi connectivity index (χ2v) is 5.71. The highest BCUT2D eigenvalue weighted by molar-refractivity contribution is 9.10. The molecule has 1 aliphatic rings. The Kier molecular flexibility index (Phi) is 3.48. The molecule has 18 heavy (non-hydrogen) atoms. The zero-order valence-electron chi connectivity index (χ0n) is 10.1. The van der Waals surface area contributed by atoms with Crippen LogP contribution in [0.5, 0.6) is 0 Å². The van der Waals surface area contributed by atoms with Crippen LogP contribution in [0.3, 0.4) is 0 Å². The van der Waals surface area contributed by atoms with Gasteiger partial charge in [-0.25, -0.2) is 4.98 Å². The van der Waals surface area contributed by atoms with Gasteiger partial charge in [0.25, 0.3) is 0 Å². The Morgan fingerprint density at radius 2 is 2.17 bits per heavy atom. The van der Waals surface area contributed by atoms with Gasteiger partial charge in [0, 0.05) is 11.0 Å². The van der Waals surface area contributed by atoms with Gasteiger partial charge < -0.3 is 9.88 Å². The first kappa shape index (κ1) is 11.9. The van der Waals surface area contributed by atoms with Crippen molar-refractivity contribution >= 4 is 15.9 Å². The number of nitrogens with one attached hydrogen (secondary N) is 1. The predicted octanol–water partition coefficient (Wildman–Crippen LogP) is 2.92. The normalized spacial score (nSPS) is 19.3. The molecule has 4 heteroatoms. The standard InChI is InChI=1S/C14H16BrN3/c15-13-3-1-12(2-4-13)14-8-17-10-18(14)9-11-5-6-16-7-11/h1-4,8,10-11,16H,5-7,9H2. The van der Waals surface area contributed by atoms with Crippen molar-refractivity contribution < 1.29 is 0 Å². The summed E-state index contributed by atoms with van der Waals surface area (Å²) in [5.41, 5.74) is 2.43. The minimum Gasteiger partial charge on any atom is -0.330 e. The average molecular weight is 306 g/mol. The zero-order chi connectivity index (χ0) is 12.4. The molecule has 0 saturated carbocycles. The highest BCUT2D eigenvalue weighted by atomic mass is 79.9. The molecule has 0 spiro atoms. The number of rotatable bonds is 3. The van der Waals surface area contributed by atoms with E-state index in [9.17, 15) is 0 Å². The van der Waals surface area contributed by atoms with Crippen LogP contribution in [-0.2, 0) is 6.54 Å². The van der Waals surface area contributed by atoms with E-state index in [4.69, 9.17) is 0 Å². The first-order chi connectivity index (χ1) is 8.83. The predicted molar refractivity (Wildman–Crippen MR) is 76.3 cm³/mol. The molecule has 1 aromatic heterocycles. The lowest BCUT2D eigenvalue weighted by molar-refractivity contribution is 0.484. The molecule has 94 valence electrons. The van der Waals surface area contributed by atoms with Gasteiger partial charge >= 0.3 is 0 Å². The van der Waals surface area contributed by atoms with E-state index in [1.54, 1.807) is 0 Å². The van der Waals surface area contributed by atoms with E-state index in [1.807, 2.05) is 12.5 Å². The summed E-state index contributed by atoms with van der Waals surface area (Å²) < 4.78 is 3.37. The Balaban J connectivity index is 1.84. The maximum absolute atomic E-state index is 4.29. The Morgan fingerprint density at radius 3 is 2.89 bits per heavy atom. The second kappa shape index (κ2) is 5.24. The summed E-state index contributed by atoms with van der Waals surface area (Å²) in [6.07, 6.45) is 5.15. The van der Waals surface area contributed by atoms with Crippen molar-refractivity contribution in [2.45, 2.75) is 13.0 Å². The number of hydrogen-bond donors (Lipinski definition) is 1. The smallest absolute Gasteiger partial charge is 0.0951 e. The molecule has 1 atom stereocenters. The number of halogens is 1. The lowest BCUT2D eigenvalue weighted by Crippen LogP contribution is -2.14. The minimum atomic E-state index is 0.730. The SMILES string of the molecule is Brc1ccc(-c2cncn2CC2CCNC2)cc1. The molecule has 2 heterocycles. The minimum absolute atomic E-state index is 0.730. The highest BCUT2D eigenvalue weighted by Crippen LogP contribution is 2.23. The van der Waals surface area contributed by atoms with E-state index >= 15 is 0 Å². The summed E-state index contributed by atoms with van der Waals surface area (Å²) in [4.78, 5) is 4.29. The Bertz CT molecular complexity index is 512. The van der Waals surface area contributed by atoms with E-state index in [2.05, 4.69) is 55.1 Å². The van der Waals surface area contributed by atoms with Gasteiger partial charge in [-0.05, 0) is 43.1 Å². The third-order valence-electron chi connectivity index (χ3n) is 3.47. The van der Waals surface area contributed by atoms with Crippen molar-refractivity contribution in [3.63, 3.8) is 0 Å². The van der Waals surface area contributed by atoms with E-state index < -0.39 is 0 Å². The Morgan fingerprint density at radius 1 is 1.33 bits per heavy atom. The highest BCUT2D eigenvalue weighted by Gasteiger charge is 2.16. The first-order valence-electron chi connectivity index (χ1n) is 6.30. The van der Waals surface area contributed by atoms with Crippen LogP contribution < -0.4 is 5.32 Å². The molecule has 0 aliphatic carbocycles. The van der Waals surface area contributed by atoms with Gasteiger partial charge in [0.15, 0.2) is 0 Å². The monoisotopic (exact) mass is 305 g/mol. The van der Waals surface area contributed by atoms with E-state index in [0.29, 0.717) is 0 Å². The van der Waals surface area contributed by atoms with Crippen LogP contribution in [0.25, 0.3) is 11.3 Å². The number of aromatic nitrogens is 2. The molecule has 3 rings (SSSR count). The van der Waals surface area contributed by atoms with Gasteiger partial charge in [0.2, 0.25) is 0 Å². The van der Waals surface area contributed by atoms with E-state index in [1.165, 1.54) is 17.7 Å². The fourth-order valence-electron chi connectivity index (χ4n) is 2.48. The van der Waals surface area contributed by atoms with Crippen LogP contribution in [0.4, 0.5) is 0 Å². The van der Waals surface area contributed by atoms with Crippen molar-refractivity contribution in [2.75, 3.05) is 13.1 Å². The van der Waals surface area contributed by atoms with E-state index in [0.717, 1.165) is 30.0 Å². The molecule has 3 nitrogen and oxygen atoms in total. The first-order valence-corrected chi connectivity index (χ1v) is 7.09. The zero-order valence-corrected chi connectivity index (χ0v) is 11.7. The molecule has 0 radical (unpaired) electrons. The molecule has 0 amide bonds. The second-order valence-electron chi connectivity index (χ2n) is 4.80. The fraction of sp³-hybridized carbons (Fsp3) is 0.357. The van der Waals surface area contributed by atoms with Crippen LogP contribution in [-0.4, -0.2) is 22.6 Å². The molecule has 1 saturated heterocycles. The summed E-state index contributed by atoms with van der Waals surface area (Å²) >= 11 is 3.47. The lowest BCUT2D eigenvalue weighted by Gasteiger charge is -2.12. The third kappa shape index (κ3) is 2.49. The van der Waals surface area contributed by atoms with Crippen LogP contribution >= 0.6 is 15.9 Å². The van der Waals surface area contributed by atoms with Gasteiger partial charge in [-0.15, -0.1) is 0 Å². The number of nitrogens with zero attached hydrogens (tertiary/aromatic N) is 2. The molecule has 2 aromatic rings. The Hall–Kier alpha value is -1.13. The summed E-state index contributed by atoms with van der Waals surface area (Å²) in [5.74, 6) is 0.730. The van der Waals surface area contributed by atoms with Crippen LogP contribution in [0.1, 0.15) is 6.42 Å². The lowest BCUT2D eigenvalue weighted by atomic mass is 10.1. The summed E-state index contributed by atoms with van der Waals surface area (Å²) in [5, 5.41) is 3.41. The van der Waals surface area contributed by atoms with E-state index in [-0.39, 0.29) is 0 Å². The Labute approximate surface area is 115 Å². The number of imidazole rings is 1. The maximum atomic E-state index is 4.29. The van der Waals surface area contributed by atoms with Gasteiger partial charge in [-0.1, -0.05) is 28.1 Å². The fourth-order valence-corrected chi connectivity index (χ4v) is 2.74. The molecule has 1 aliphatic heterocycles. The third-order valence-corrected chi connectivity index (χ3v) is 4.00. The number of benzene rings is 1. The molecule has 1 fully saturated rings. The quantitative estimate of drug-likeness (QED) is 0.945. The summed E-state index contributed by atoms with van der Waals surface area (Å²) in [7, 11) is 0. The molecule has 1 N–H and O–H groups in total. The van der Waals surface area contributed by atoms with Crippen molar-refractivity contribution in [2.24, 2.45) is 5.92 Å². The number of hydrogen-bond acceptors (Lipinski definition) is 2. The van der Waals surface area contributed by atoms with Crippen LogP contribution in [0.2, 0.25) is 0 Å². The van der Waals surface area contributed by atoms with Gasteiger partial charge in [-0.3, -0.25) is 0 Å². The van der Waals surface area contributed by atoms with Crippen molar-refractivity contribution in [3.05, 3.63) is 41.3 Å². The van der Waals surface area contributed by atoms with Crippen molar-refractivity contribution in [3.8, 4) is 11.3 Å². The largest absolute Gasteiger partial charge is 0.330 e. The molecular weight excluding hydrogens is 290 g/mol. The van der Waals surface area contributed by atoms with Crippen LogP contribution in [0.15, 0.2) is 41.3 Å². The summed E-state index contributed by atoms with van der Waals surface area (Å²) in [6.45, 7) is 3.32. The maximum Gasteiger partial charge on any atom is 0.0951 e. The summed E-state index contributed by atoms with van der Waals surface area (Å²) in [6, 6.07) is 8.41. The van der Waals surface area contributed by atoms with Gasteiger partial charge in [-0.2, -0.15) is 0 Å².